The maximum Gasteiger partial charge on any atom is 0.451 e. The van der Waals surface area contributed by atoms with Crippen LogP contribution >= 0.6 is 0 Å². The van der Waals surface area contributed by atoms with Gasteiger partial charge in [0, 0.05) is 6.54 Å². The van der Waals surface area contributed by atoms with E-state index in [9.17, 15) is 4.79 Å². The first-order valence-electron chi connectivity index (χ1n) is 4.43. The Morgan fingerprint density at radius 2 is 2.23 bits per heavy atom. The molecule has 0 aliphatic carbocycles. The SMILES string of the molecule is O=C(O)[C@H]1NC[C@@H]1CCCB(O)O. The van der Waals surface area contributed by atoms with E-state index in [1.165, 1.54) is 0 Å². The second kappa shape index (κ2) is 4.60. The topological polar surface area (TPSA) is 89.8 Å². The monoisotopic (exact) mass is 187 g/mol. The van der Waals surface area contributed by atoms with Crippen LogP contribution in [0.25, 0.3) is 0 Å². The van der Waals surface area contributed by atoms with Crippen LogP contribution in [-0.2, 0) is 4.79 Å². The molecule has 0 saturated carbocycles. The van der Waals surface area contributed by atoms with Crippen LogP contribution < -0.4 is 5.32 Å². The summed E-state index contributed by atoms with van der Waals surface area (Å²) < 4.78 is 0. The Morgan fingerprint density at radius 3 is 2.62 bits per heavy atom. The van der Waals surface area contributed by atoms with Crippen molar-refractivity contribution in [1.82, 2.24) is 5.32 Å². The molecule has 74 valence electrons. The first-order valence-corrected chi connectivity index (χ1v) is 4.43. The van der Waals surface area contributed by atoms with Crippen LogP contribution in [0, 0.1) is 5.92 Å². The van der Waals surface area contributed by atoms with E-state index in [1.54, 1.807) is 0 Å². The fourth-order valence-corrected chi connectivity index (χ4v) is 1.52. The molecule has 0 aromatic heterocycles. The summed E-state index contributed by atoms with van der Waals surface area (Å²) in [5.74, 6) is -0.669. The van der Waals surface area contributed by atoms with E-state index in [1.807, 2.05) is 0 Å². The quantitative estimate of drug-likeness (QED) is 0.410. The van der Waals surface area contributed by atoms with E-state index in [2.05, 4.69) is 5.32 Å². The van der Waals surface area contributed by atoms with Gasteiger partial charge < -0.3 is 20.5 Å². The predicted molar refractivity (Wildman–Crippen MR) is 47.1 cm³/mol. The molecule has 1 fully saturated rings. The molecule has 0 aromatic rings. The van der Waals surface area contributed by atoms with Gasteiger partial charge in [-0.1, -0.05) is 6.42 Å². The summed E-state index contributed by atoms with van der Waals surface area (Å²) in [5.41, 5.74) is 0. The van der Waals surface area contributed by atoms with Crippen molar-refractivity contribution in [3.63, 3.8) is 0 Å². The van der Waals surface area contributed by atoms with Gasteiger partial charge in [0.05, 0.1) is 0 Å². The Balaban J connectivity index is 2.12. The number of carboxylic acids is 1. The highest BCUT2D eigenvalue weighted by Crippen LogP contribution is 2.20. The largest absolute Gasteiger partial charge is 0.480 e. The molecule has 0 radical (unpaired) electrons. The van der Waals surface area contributed by atoms with E-state index in [4.69, 9.17) is 15.2 Å². The summed E-state index contributed by atoms with van der Waals surface area (Å²) in [6, 6.07) is -0.434. The summed E-state index contributed by atoms with van der Waals surface area (Å²) in [7, 11) is -1.27. The van der Waals surface area contributed by atoms with Crippen LogP contribution in [-0.4, -0.2) is 40.8 Å². The molecule has 0 amide bonds. The molecule has 0 spiro atoms. The van der Waals surface area contributed by atoms with Crippen LogP contribution in [0.3, 0.4) is 0 Å². The lowest BCUT2D eigenvalue weighted by Gasteiger charge is -2.34. The van der Waals surface area contributed by atoms with Gasteiger partial charge in [0.25, 0.3) is 0 Å². The number of carbonyl (C=O) groups is 1. The molecule has 5 nitrogen and oxygen atoms in total. The maximum absolute atomic E-state index is 10.5. The average molecular weight is 187 g/mol. The molecule has 0 bridgehead atoms. The summed E-state index contributed by atoms with van der Waals surface area (Å²) in [5, 5.41) is 28.6. The van der Waals surface area contributed by atoms with E-state index in [-0.39, 0.29) is 5.92 Å². The van der Waals surface area contributed by atoms with Crippen molar-refractivity contribution in [2.45, 2.75) is 25.2 Å². The lowest BCUT2D eigenvalue weighted by atomic mass is 9.79. The molecule has 1 aliphatic heterocycles. The molecule has 1 saturated heterocycles. The Morgan fingerprint density at radius 1 is 1.54 bits per heavy atom. The molecule has 0 aromatic carbocycles. The summed E-state index contributed by atoms with van der Waals surface area (Å²) >= 11 is 0. The van der Waals surface area contributed by atoms with Crippen LogP contribution in [0.2, 0.25) is 6.32 Å². The predicted octanol–water partition coefficient (Wildman–Crippen LogP) is -1.09. The van der Waals surface area contributed by atoms with Gasteiger partial charge in [0.1, 0.15) is 6.04 Å². The molecule has 1 aliphatic rings. The molecule has 6 heteroatoms. The van der Waals surface area contributed by atoms with Gasteiger partial charge in [-0.2, -0.15) is 0 Å². The van der Waals surface area contributed by atoms with Gasteiger partial charge in [-0.3, -0.25) is 4.79 Å². The van der Waals surface area contributed by atoms with Gasteiger partial charge in [-0.25, -0.2) is 0 Å². The normalized spacial score (nSPS) is 26.6. The summed E-state index contributed by atoms with van der Waals surface area (Å²) in [6.45, 7) is 0.721. The van der Waals surface area contributed by atoms with Gasteiger partial charge in [-0.05, 0) is 18.7 Å². The lowest BCUT2D eigenvalue weighted by Crippen LogP contribution is -2.57. The molecule has 1 rings (SSSR count). The second-order valence-electron chi connectivity index (χ2n) is 3.40. The van der Waals surface area contributed by atoms with Crippen molar-refractivity contribution < 1.29 is 19.9 Å². The molecule has 1 heterocycles. The molecule has 13 heavy (non-hydrogen) atoms. The van der Waals surface area contributed by atoms with Crippen molar-refractivity contribution in [3.05, 3.63) is 0 Å². The minimum Gasteiger partial charge on any atom is -0.480 e. The third-order valence-corrected chi connectivity index (χ3v) is 2.37. The molecule has 4 N–H and O–H groups in total. The highest BCUT2D eigenvalue weighted by Gasteiger charge is 2.35. The second-order valence-corrected chi connectivity index (χ2v) is 3.40. The van der Waals surface area contributed by atoms with Gasteiger partial charge >= 0.3 is 13.1 Å². The zero-order chi connectivity index (χ0) is 9.84. The minimum atomic E-state index is -1.27. The number of nitrogens with one attached hydrogen (secondary N) is 1. The van der Waals surface area contributed by atoms with Crippen LogP contribution in [0.15, 0.2) is 0 Å². The number of hydrogen-bond donors (Lipinski definition) is 4. The summed E-state index contributed by atoms with van der Waals surface area (Å²) in [6.07, 6.45) is 1.72. The van der Waals surface area contributed by atoms with Crippen LogP contribution in [0.5, 0.6) is 0 Å². The first kappa shape index (κ1) is 10.5. The van der Waals surface area contributed by atoms with Crippen molar-refractivity contribution in [2.24, 2.45) is 5.92 Å². The molecule has 0 unspecified atom stereocenters. The van der Waals surface area contributed by atoms with Gasteiger partial charge in [-0.15, -0.1) is 0 Å². The Bertz CT molecular complexity index is 187. The third-order valence-electron chi connectivity index (χ3n) is 2.37. The van der Waals surface area contributed by atoms with E-state index >= 15 is 0 Å². The highest BCUT2D eigenvalue weighted by atomic mass is 16.4. The Hall–Kier alpha value is -0.585. The number of aliphatic carboxylic acids is 1. The number of carboxylic acid groups (broad SMARTS) is 1. The maximum atomic E-state index is 10.5. The Kier molecular flexibility index (Phi) is 3.71. The van der Waals surface area contributed by atoms with Crippen LogP contribution in [0.4, 0.5) is 0 Å². The Labute approximate surface area is 76.9 Å². The zero-order valence-electron chi connectivity index (χ0n) is 7.31. The summed E-state index contributed by atoms with van der Waals surface area (Å²) in [4.78, 5) is 10.5. The fraction of sp³-hybridized carbons (Fsp3) is 0.857. The molecule has 2 atom stereocenters. The number of hydrogen-bond acceptors (Lipinski definition) is 4. The fourth-order valence-electron chi connectivity index (χ4n) is 1.52. The lowest BCUT2D eigenvalue weighted by molar-refractivity contribution is -0.143. The standard InChI is InChI=1S/C7H14BNO4/c10-7(11)6-5(4-9-6)2-1-3-8(12)13/h5-6,9,12-13H,1-4H2,(H,10,11)/t5-,6-/m0/s1. The minimum absolute atomic E-state index is 0.149. The third kappa shape index (κ3) is 2.98. The number of rotatable bonds is 5. The highest BCUT2D eigenvalue weighted by molar-refractivity contribution is 6.40. The van der Waals surface area contributed by atoms with Crippen molar-refractivity contribution in [1.29, 1.82) is 0 Å². The van der Waals surface area contributed by atoms with Gasteiger partial charge in [0.15, 0.2) is 0 Å². The van der Waals surface area contributed by atoms with Crippen molar-refractivity contribution >= 4 is 13.1 Å². The smallest absolute Gasteiger partial charge is 0.451 e. The van der Waals surface area contributed by atoms with Crippen LogP contribution in [0.1, 0.15) is 12.8 Å². The van der Waals surface area contributed by atoms with E-state index in [0.717, 1.165) is 13.0 Å². The first-order chi connectivity index (χ1) is 6.11. The van der Waals surface area contributed by atoms with Crippen molar-refractivity contribution in [3.8, 4) is 0 Å². The average Bonchev–Trinajstić information content (AvgIpc) is 1.93. The van der Waals surface area contributed by atoms with Crippen molar-refractivity contribution in [2.75, 3.05) is 6.54 Å². The van der Waals surface area contributed by atoms with Gasteiger partial charge in [0.2, 0.25) is 0 Å². The molecular weight excluding hydrogens is 173 g/mol. The zero-order valence-corrected chi connectivity index (χ0v) is 7.31. The van der Waals surface area contributed by atoms with E-state index < -0.39 is 19.1 Å². The molecular formula is C7H14BNO4. The van der Waals surface area contributed by atoms with E-state index in [0.29, 0.717) is 12.7 Å².